The minimum atomic E-state index is 0.0879. The molecule has 0 bridgehead atoms. The largest absolute Gasteiger partial charge is 0.374 e. The monoisotopic (exact) mass is 211 g/mol. The zero-order valence-electron chi connectivity index (χ0n) is 9.84. The van der Waals surface area contributed by atoms with Gasteiger partial charge in [0.15, 0.2) is 0 Å². The zero-order chi connectivity index (χ0) is 11.1. The van der Waals surface area contributed by atoms with Crippen LogP contribution in [0.3, 0.4) is 0 Å². The minimum absolute atomic E-state index is 0.0879. The molecule has 1 unspecified atom stereocenters. The second-order valence-corrected chi connectivity index (χ2v) is 3.60. The van der Waals surface area contributed by atoms with E-state index >= 15 is 0 Å². The summed E-state index contributed by atoms with van der Waals surface area (Å²) >= 11 is 0. The Morgan fingerprint density at radius 1 is 1.53 bits per heavy atom. The Bertz CT molecular complexity index is 269. The summed E-state index contributed by atoms with van der Waals surface area (Å²) in [5.74, 6) is 0.924. The molecular weight excluding hydrogens is 190 g/mol. The molecule has 1 rings (SSSR count). The van der Waals surface area contributed by atoms with Gasteiger partial charge in [-0.05, 0) is 19.4 Å². The van der Waals surface area contributed by atoms with Crippen LogP contribution >= 0.6 is 0 Å². The highest BCUT2D eigenvalue weighted by Gasteiger charge is 2.11. The van der Waals surface area contributed by atoms with Crippen molar-refractivity contribution < 1.29 is 4.74 Å². The fraction of sp³-hybridized carbons (Fsp3) is 0.727. The molecule has 0 aromatic carbocycles. The molecule has 15 heavy (non-hydrogen) atoms. The predicted octanol–water partition coefficient (Wildman–Crippen LogP) is 2.01. The van der Waals surface area contributed by atoms with Crippen LogP contribution in [-0.4, -0.2) is 23.6 Å². The summed E-state index contributed by atoms with van der Waals surface area (Å²) < 4.78 is 5.31. The van der Waals surface area contributed by atoms with Gasteiger partial charge in [0.05, 0.1) is 0 Å². The summed E-state index contributed by atoms with van der Waals surface area (Å²) in [6.45, 7) is 6.13. The second-order valence-electron chi connectivity index (χ2n) is 3.60. The lowest BCUT2D eigenvalue weighted by molar-refractivity contribution is 0.0932. The Morgan fingerprint density at radius 2 is 2.33 bits per heavy atom. The van der Waals surface area contributed by atoms with Crippen LogP contribution in [0.1, 0.15) is 44.3 Å². The van der Waals surface area contributed by atoms with Gasteiger partial charge in [-0.3, -0.25) is 0 Å². The van der Waals surface area contributed by atoms with E-state index in [9.17, 15) is 0 Å². The van der Waals surface area contributed by atoms with Crippen molar-refractivity contribution in [1.82, 2.24) is 15.3 Å². The topological polar surface area (TPSA) is 49.9 Å². The molecule has 0 aliphatic rings. The number of hydrogen-bond donors (Lipinski definition) is 2. The number of aromatic amines is 1. The van der Waals surface area contributed by atoms with Gasteiger partial charge < -0.3 is 15.0 Å². The molecule has 1 heterocycles. The summed E-state index contributed by atoms with van der Waals surface area (Å²) in [6.07, 6.45) is 4.05. The van der Waals surface area contributed by atoms with Gasteiger partial charge in [-0.25, -0.2) is 4.98 Å². The van der Waals surface area contributed by atoms with Crippen molar-refractivity contribution >= 4 is 0 Å². The molecule has 1 aromatic heterocycles. The Labute approximate surface area is 91.4 Å². The highest BCUT2D eigenvalue weighted by molar-refractivity contribution is 5.03. The maximum absolute atomic E-state index is 5.31. The normalized spacial score (nSPS) is 13.0. The summed E-state index contributed by atoms with van der Waals surface area (Å²) in [7, 11) is 1.71. The van der Waals surface area contributed by atoms with E-state index in [2.05, 4.69) is 29.1 Å². The van der Waals surface area contributed by atoms with Crippen LogP contribution in [0.2, 0.25) is 0 Å². The van der Waals surface area contributed by atoms with Crippen molar-refractivity contribution in [3.05, 3.63) is 17.7 Å². The van der Waals surface area contributed by atoms with Gasteiger partial charge in [0.1, 0.15) is 11.9 Å². The number of ether oxygens (including phenoxy) is 1. The SMILES string of the molecule is CCCNCc1cnc(C(CC)OC)[nH]1. The van der Waals surface area contributed by atoms with Gasteiger partial charge in [-0.1, -0.05) is 13.8 Å². The van der Waals surface area contributed by atoms with Gasteiger partial charge in [0, 0.05) is 25.5 Å². The van der Waals surface area contributed by atoms with Crippen LogP contribution in [0.5, 0.6) is 0 Å². The zero-order valence-corrected chi connectivity index (χ0v) is 9.84. The molecule has 0 saturated carbocycles. The van der Waals surface area contributed by atoms with Crippen molar-refractivity contribution in [2.75, 3.05) is 13.7 Å². The third-order valence-corrected chi connectivity index (χ3v) is 2.35. The van der Waals surface area contributed by atoms with Crippen molar-refractivity contribution in [1.29, 1.82) is 0 Å². The number of nitrogens with zero attached hydrogens (tertiary/aromatic N) is 1. The summed E-state index contributed by atoms with van der Waals surface area (Å²) in [4.78, 5) is 7.59. The van der Waals surface area contributed by atoms with Crippen LogP contribution in [0.25, 0.3) is 0 Å². The van der Waals surface area contributed by atoms with Crippen molar-refractivity contribution in [3.8, 4) is 0 Å². The Morgan fingerprint density at radius 3 is 2.93 bits per heavy atom. The van der Waals surface area contributed by atoms with E-state index in [1.54, 1.807) is 7.11 Å². The quantitative estimate of drug-likeness (QED) is 0.678. The third-order valence-electron chi connectivity index (χ3n) is 2.35. The number of nitrogens with one attached hydrogen (secondary N) is 2. The van der Waals surface area contributed by atoms with E-state index < -0.39 is 0 Å². The van der Waals surface area contributed by atoms with Crippen molar-refractivity contribution in [3.63, 3.8) is 0 Å². The highest BCUT2D eigenvalue weighted by atomic mass is 16.5. The van der Waals surface area contributed by atoms with Crippen molar-refractivity contribution in [2.45, 2.75) is 39.3 Å². The molecule has 0 aliphatic heterocycles. The van der Waals surface area contributed by atoms with E-state index in [1.807, 2.05) is 6.20 Å². The Hall–Kier alpha value is -0.870. The first-order valence-electron chi connectivity index (χ1n) is 5.59. The summed E-state index contributed by atoms with van der Waals surface area (Å²) in [5.41, 5.74) is 1.12. The lowest BCUT2D eigenvalue weighted by Crippen LogP contribution is -2.14. The van der Waals surface area contributed by atoms with Crippen LogP contribution in [0, 0.1) is 0 Å². The highest BCUT2D eigenvalue weighted by Crippen LogP contribution is 2.16. The smallest absolute Gasteiger partial charge is 0.135 e. The van der Waals surface area contributed by atoms with E-state index in [0.717, 1.165) is 37.4 Å². The van der Waals surface area contributed by atoms with Crippen LogP contribution in [0.4, 0.5) is 0 Å². The number of methoxy groups -OCH3 is 1. The van der Waals surface area contributed by atoms with E-state index in [-0.39, 0.29) is 6.10 Å². The predicted molar refractivity (Wildman–Crippen MR) is 60.6 cm³/mol. The number of hydrogen-bond acceptors (Lipinski definition) is 3. The van der Waals surface area contributed by atoms with Gasteiger partial charge >= 0.3 is 0 Å². The first-order chi connectivity index (χ1) is 7.31. The number of imidazole rings is 1. The molecule has 0 amide bonds. The molecule has 0 saturated heterocycles. The molecule has 1 aromatic rings. The number of aromatic nitrogens is 2. The van der Waals surface area contributed by atoms with Gasteiger partial charge in [-0.2, -0.15) is 0 Å². The maximum Gasteiger partial charge on any atom is 0.135 e. The molecule has 4 heteroatoms. The minimum Gasteiger partial charge on any atom is -0.374 e. The van der Waals surface area contributed by atoms with E-state index in [1.165, 1.54) is 0 Å². The fourth-order valence-corrected chi connectivity index (χ4v) is 1.50. The molecule has 4 nitrogen and oxygen atoms in total. The van der Waals surface area contributed by atoms with Crippen molar-refractivity contribution in [2.24, 2.45) is 0 Å². The van der Waals surface area contributed by atoms with Gasteiger partial charge in [0.25, 0.3) is 0 Å². The van der Waals surface area contributed by atoms with E-state index in [0.29, 0.717) is 0 Å². The standard InChI is InChI=1S/C11H21N3O/c1-4-6-12-7-9-8-13-11(14-9)10(5-2)15-3/h8,10,12H,4-7H2,1-3H3,(H,13,14). The average molecular weight is 211 g/mol. The Kier molecular flexibility index (Phi) is 5.36. The lowest BCUT2D eigenvalue weighted by atomic mass is 10.3. The van der Waals surface area contributed by atoms with Crippen LogP contribution < -0.4 is 5.32 Å². The van der Waals surface area contributed by atoms with E-state index in [4.69, 9.17) is 4.74 Å². The number of H-pyrrole nitrogens is 1. The summed E-state index contributed by atoms with van der Waals surface area (Å²) in [6, 6.07) is 0. The van der Waals surface area contributed by atoms with Gasteiger partial charge in [-0.15, -0.1) is 0 Å². The van der Waals surface area contributed by atoms with Crippen LogP contribution in [-0.2, 0) is 11.3 Å². The molecule has 0 radical (unpaired) electrons. The average Bonchev–Trinajstić information content (AvgIpc) is 2.69. The summed E-state index contributed by atoms with van der Waals surface area (Å²) in [5, 5.41) is 3.33. The first kappa shape index (κ1) is 12.2. The fourth-order valence-electron chi connectivity index (χ4n) is 1.50. The molecule has 0 spiro atoms. The number of rotatable bonds is 7. The molecule has 86 valence electrons. The Balaban J connectivity index is 2.47. The molecule has 2 N–H and O–H groups in total. The maximum atomic E-state index is 5.31. The molecule has 1 atom stereocenters. The molecule has 0 fully saturated rings. The van der Waals surface area contributed by atoms with Crippen LogP contribution in [0.15, 0.2) is 6.20 Å². The third kappa shape index (κ3) is 3.64. The first-order valence-corrected chi connectivity index (χ1v) is 5.59. The molecule has 0 aliphatic carbocycles. The van der Waals surface area contributed by atoms with Gasteiger partial charge in [0.2, 0.25) is 0 Å². The second kappa shape index (κ2) is 6.58. The molecular formula is C11H21N3O. The lowest BCUT2D eigenvalue weighted by Gasteiger charge is -2.09.